The fourth-order valence-corrected chi connectivity index (χ4v) is 3.22. The number of amides is 3. The number of thiophene rings is 1. The third-order valence-corrected chi connectivity index (χ3v) is 4.35. The number of nitrogen functional groups attached to an aromatic ring is 1. The fourth-order valence-electron chi connectivity index (χ4n) is 2.29. The monoisotopic (exact) mass is 290 g/mol. The molecule has 0 atom stereocenters. The summed E-state index contributed by atoms with van der Waals surface area (Å²) in [5.41, 5.74) is 12.6. The molecule has 0 aromatic carbocycles. The number of imide groups is 1. The van der Waals surface area contributed by atoms with Crippen molar-refractivity contribution in [2.24, 2.45) is 5.73 Å². The Kier molecular flexibility index (Phi) is 3.01. The molecule has 0 spiro atoms. The highest BCUT2D eigenvalue weighted by molar-refractivity contribution is 7.17. The number of aromatic nitrogens is 2. The molecule has 8 heteroatoms. The summed E-state index contributed by atoms with van der Waals surface area (Å²) in [5, 5.41) is 1.92. The van der Waals surface area contributed by atoms with E-state index in [9.17, 15) is 9.59 Å². The average molecular weight is 290 g/mol. The van der Waals surface area contributed by atoms with Gasteiger partial charge < -0.3 is 11.5 Å². The Labute approximate surface area is 118 Å². The van der Waals surface area contributed by atoms with E-state index in [2.05, 4.69) is 9.97 Å². The van der Waals surface area contributed by atoms with Gasteiger partial charge in [0.15, 0.2) is 0 Å². The minimum Gasteiger partial charge on any atom is -0.382 e. The van der Waals surface area contributed by atoms with Crippen molar-refractivity contribution in [1.29, 1.82) is 0 Å². The quantitative estimate of drug-likeness (QED) is 0.844. The van der Waals surface area contributed by atoms with Crippen molar-refractivity contribution in [3.63, 3.8) is 0 Å². The van der Waals surface area contributed by atoms with Crippen LogP contribution < -0.4 is 11.5 Å². The maximum absolute atomic E-state index is 12.0. The van der Waals surface area contributed by atoms with Crippen LogP contribution >= 0.6 is 11.3 Å². The highest BCUT2D eigenvalue weighted by Crippen LogP contribution is 2.32. The molecule has 1 saturated heterocycles. The zero-order chi connectivity index (χ0) is 14.3. The molecule has 3 amide bonds. The molecule has 4 N–H and O–H groups in total. The molecule has 103 valence electrons. The van der Waals surface area contributed by atoms with Crippen LogP contribution in [0.4, 0.5) is 10.6 Å². The summed E-state index contributed by atoms with van der Waals surface area (Å²) in [6.07, 6.45) is 2.41. The number of anilines is 1. The van der Waals surface area contributed by atoms with Crippen LogP contribution in [0.5, 0.6) is 0 Å². The summed E-state index contributed by atoms with van der Waals surface area (Å²) in [7, 11) is 0. The first-order chi connectivity index (χ1) is 9.58. The van der Waals surface area contributed by atoms with Gasteiger partial charge in [-0.1, -0.05) is 0 Å². The summed E-state index contributed by atoms with van der Waals surface area (Å²) in [6.45, 7) is 0.350. The van der Waals surface area contributed by atoms with Gasteiger partial charge in [0.2, 0.25) is 5.91 Å². The van der Waals surface area contributed by atoms with Gasteiger partial charge in [0, 0.05) is 6.54 Å². The number of hydrogen-bond acceptors (Lipinski definition) is 6. The normalized spacial score (nSPS) is 16.2. The highest BCUT2D eigenvalue weighted by Gasteiger charge is 2.35. The van der Waals surface area contributed by atoms with Crippen molar-refractivity contribution in [2.75, 3.05) is 12.3 Å². The molecule has 1 aliphatic rings. The van der Waals surface area contributed by atoms with Gasteiger partial charge in [-0.3, -0.25) is 9.69 Å². The molecular weight excluding hydrogens is 278 g/mol. The van der Waals surface area contributed by atoms with Crippen LogP contribution in [0.1, 0.15) is 12.0 Å². The van der Waals surface area contributed by atoms with Crippen LogP contribution in [-0.2, 0) is 11.2 Å². The van der Waals surface area contributed by atoms with E-state index in [4.69, 9.17) is 11.5 Å². The molecule has 1 radical (unpaired) electrons. The summed E-state index contributed by atoms with van der Waals surface area (Å²) < 4.78 is 0.820. The predicted octanol–water partition coefficient (Wildman–Crippen LogP) is 0.701. The lowest BCUT2D eigenvalue weighted by Crippen LogP contribution is -2.37. The van der Waals surface area contributed by atoms with Crippen LogP contribution in [0.25, 0.3) is 10.2 Å². The van der Waals surface area contributed by atoms with Crippen LogP contribution in [0.15, 0.2) is 11.7 Å². The Balaban J connectivity index is 1.86. The van der Waals surface area contributed by atoms with Gasteiger partial charge in [-0.2, -0.15) is 0 Å². The Morgan fingerprint density at radius 3 is 2.95 bits per heavy atom. The third kappa shape index (κ3) is 1.97. The van der Waals surface area contributed by atoms with E-state index in [0.29, 0.717) is 31.1 Å². The standard InChI is InChI=1S/C12H12N5O2S/c13-10-9-8(15-5-16-10)7(4-20-9)3-6-1-2-17(11(6)18)12(14)19/h4-5H,1-3H2,(H2,14,19)(H2,13,15,16). The molecule has 1 aliphatic heterocycles. The maximum Gasteiger partial charge on any atom is 0.321 e. The predicted molar refractivity (Wildman–Crippen MR) is 74.7 cm³/mol. The number of carbonyl (C=O) groups excluding carboxylic acids is 2. The second-order valence-electron chi connectivity index (χ2n) is 4.52. The van der Waals surface area contributed by atoms with Crippen LogP contribution in [-0.4, -0.2) is 33.4 Å². The summed E-state index contributed by atoms with van der Waals surface area (Å²) in [6, 6.07) is -0.702. The first-order valence-corrected chi connectivity index (χ1v) is 6.88. The zero-order valence-electron chi connectivity index (χ0n) is 10.5. The lowest BCUT2D eigenvalue weighted by molar-refractivity contribution is -0.123. The molecule has 20 heavy (non-hydrogen) atoms. The van der Waals surface area contributed by atoms with Gasteiger partial charge in [0.25, 0.3) is 0 Å². The molecule has 0 saturated carbocycles. The number of hydrogen-bond donors (Lipinski definition) is 2. The number of fused-ring (bicyclic) bond motifs is 1. The summed E-state index contributed by atoms with van der Waals surface area (Å²) >= 11 is 1.45. The van der Waals surface area contributed by atoms with E-state index >= 15 is 0 Å². The molecule has 2 aromatic heterocycles. The van der Waals surface area contributed by atoms with E-state index in [0.717, 1.165) is 20.7 Å². The van der Waals surface area contributed by atoms with Crippen molar-refractivity contribution < 1.29 is 9.59 Å². The molecule has 0 bridgehead atoms. The lowest BCUT2D eigenvalue weighted by atomic mass is 9.99. The minimum absolute atomic E-state index is 0.293. The Hall–Kier alpha value is -2.22. The highest BCUT2D eigenvalue weighted by atomic mass is 32.1. The Bertz CT molecular complexity index is 698. The number of rotatable bonds is 2. The number of carbonyl (C=O) groups is 2. The SMILES string of the molecule is NC(=O)N1CC[C](Cc2csc3c(N)ncnc23)C1=O. The topological polar surface area (TPSA) is 115 Å². The minimum atomic E-state index is -0.702. The Morgan fingerprint density at radius 2 is 2.25 bits per heavy atom. The zero-order valence-corrected chi connectivity index (χ0v) is 11.3. The first-order valence-electron chi connectivity index (χ1n) is 6.00. The van der Waals surface area contributed by atoms with Gasteiger partial charge in [-0.05, 0) is 23.8 Å². The van der Waals surface area contributed by atoms with Gasteiger partial charge >= 0.3 is 6.03 Å². The Morgan fingerprint density at radius 1 is 1.45 bits per heavy atom. The molecule has 2 aromatic rings. The van der Waals surface area contributed by atoms with Crippen LogP contribution in [0.2, 0.25) is 0 Å². The number of nitrogens with two attached hydrogens (primary N) is 2. The van der Waals surface area contributed by atoms with E-state index in [-0.39, 0.29) is 5.91 Å². The average Bonchev–Trinajstić information content (AvgIpc) is 2.97. The van der Waals surface area contributed by atoms with Crippen molar-refractivity contribution in [2.45, 2.75) is 12.8 Å². The molecule has 3 heterocycles. The van der Waals surface area contributed by atoms with E-state index < -0.39 is 6.03 Å². The fraction of sp³-hybridized carbons (Fsp3) is 0.250. The lowest BCUT2D eigenvalue weighted by Gasteiger charge is -2.10. The smallest absolute Gasteiger partial charge is 0.321 e. The van der Waals surface area contributed by atoms with Gasteiger partial charge in [0.05, 0.1) is 16.1 Å². The number of urea groups is 1. The van der Waals surface area contributed by atoms with Crippen molar-refractivity contribution in [1.82, 2.24) is 14.9 Å². The number of likely N-dealkylation sites (tertiary alicyclic amines) is 1. The molecule has 7 nitrogen and oxygen atoms in total. The van der Waals surface area contributed by atoms with E-state index in [1.165, 1.54) is 17.7 Å². The maximum atomic E-state index is 12.0. The van der Waals surface area contributed by atoms with Crippen molar-refractivity contribution in [3.8, 4) is 0 Å². The largest absolute Gasteiger partial charge is 0.382 e. The summed E-state index contributed by atoms with van der Waals surface area (Å²) in [5.74, 6) is 0.812. The summed E-state index contributed by atoms with van der Waals surface area (Å²) in [4.78, 5) is 32.3. The first kappa shape index (κ1) is 12.8. The van der Waals surface area contributed by atoms with Crippen LogP contribution in [0, 0.1) is 5.92 Å². The van der Waals surface area contributed by atoms with Crippen molar-refractivity contribution >= 4 is 39.3 Å². The number of nitrogens with zero attached hydrogens (tertiary/aromatic N) is 3. The van der Waals surface area contributed by atoms with E-state index in [1.54, 1.807) is 0 Å². The number of primary amides is 1. The molecule has 0 aliphatic carbocycles. The second kappa shape index (κ2) is 4.71. The van der Waals surface area contributed by atoms with Gasteiger partial charge in [0.1, 0.15) is 12.1 Å². The molecular formula is C12H12N5O2S. The van der Waals surface area contributed by atoms with E-state index in [1.807, 2.05) is 5.38 Å². The van der Waals surface area contributed by atoms with Crippen LogP contribution in [0.3, 0.4) is 0 Å². The second-order valence-corrected chi connectivity index (χ2v) is 5.40. The molecule has 1 fully saturated rings. The van der Waals surface area contributed by atoms with Crippen molar-refractivity contribution in [3.05, 3.63) is 23.2 Å². The third-order valence-electron chi connectivity index (χ3n) is 3.31. The van der Waals surface area contributed by atoms with Gasteiger partial charge in [-0.15, -0.1) is 11.3 Å². The molecule has 0 unspecified atom stereocenters. The van der Waals surface area contributed by atoms with Gasteiger partial charge in [-0.25, -0.2) is 14.8 Å². The molecule has 3 rings (SSSR count).